The number of anilines is 1. The molecule has 2 aromatic rings. The Bertz CT molecular complexity index is 799. The number of nitrogens with zero attached hydrogens (tertiary/aromatic N) is 1. The SMILES string of the molecule is Cc1cc(C(=O)N(C)CC(=O)Nc2ccccc2C(F)(F)F)c(C)s1. The van der Waals surface area contributed by atoms with Gasteiger partial charge in [-0.3, -0.25) is 9.59 Å². The van der Waals surface area contributed by atoms with E-state index in [0.29, 0.717) is 5.56 Å². The van der Waals surface area contributed by atoms with Gasteiger partial charge in [-0.2, -0.15) is 13.2 Å². The summed E-state index contributed by atoms with van der Waals surface area (Å²) in [5.41, 5.74) is -0.765. The van der Waals surface area contributed by atoms with Crippen molar-refractivity contribution in [3.05, 3.63) is 51.2 Å². The van der Waals surface area contributed by atoms with E-state index in [-0.39, 0.29) is 18.1 Å². The number of hydrogen-bond acceptors (Lipinski definition) is 3. The minimum atomic E-state index is -4.57. The molecule has 0 unspecified atom stereocenters. The predicted molar refractivity (Wildman–Crippen MR) is 90.8 cm³/mol. The second-order valence-corrected chi connectivity index (χ2v) is 7.04. The molecule has 0 aliphatic heterocycles. The van der Waals surface area contributed by atoms with Gasteiger partial charge in [0.2, 0.25) is 5.91 Å². The van der Waals surface area contributed by atoms with Crippen molar-refractivity contribution in [2.75, 3.05) is 18.9 Å². The zero-order chi connectivity index (χ0) is 18.8. The molecule has 0 aliphatic rings. The molecule has 0 radical (unpaired) electrons. The van der Waals surface area contributed by atoms with E-state index in [1.54, 1.807) is 13.0 Å². The number of rotatable bonds is 4. The van der Waals surface area contributed by atoms with E-state index >= 15 is 0 Å². The van der Waals surface area contributed by atoms with Crippen LogP contribution in [0.5, 0.6) is 0 Å². The maximum atomic E-state index is 12.9. The van der Waals surface area contributed by atoms with Crippen LogP contribution in [-0.2, 0) is 11.0 Å². The molecule has 0 saturated carbocycles. The Morgan fingerprint density at radius 2 is 1.84 bits per heavy atom. The number of amides is 2. The summed E-state index contributed by atoms with van der Waals surface area (Å²) >= 11 is 1.47. The lowest BCUT2D eigenvalue weighted by Gasteiger charge is -2.18. The van der Waals surface area contributed by atoms with Crippen molar-refractivity contribution >= 4 is 28.8 Å². The molecule has 1 aromatic heterocycles. The van der Waals surface area contributed by atoms with Gasteiger partial charge in [-0.15, -0.1) is 11.3 Å². The highest BCUT2D eigenvalue weighted by atomic mass is 32.1. The fraction of sp³-hybridized carbons (Fsp3) is 0.294. The van der Waals surface area contributed by atoms with Crippen molar-refractivity contribution in [1.82, 2.24) is 4.90 Å². The molecule has 2 rings (SSSR count). The summed E-state index contributed by atoms with van der Waals surface area (Å²) in [7, 11) is 1.43. The van der Waals surface area contributed by atoms with Gasteiger partial charge in [0.05, 0.1) is 23.4 Å². The summed E-state index contributed by atoms with van der Waals surface area (Å²) < 4.78 is 38.8. The van der Waals surface area contributed by atoms with Crippen molar-refractivity contribution in [2.45, 2.75) is 20.0 Å². The standard InChI is InChI=1S/C17H17F3N2O2S/c1-10-8-12(11(2)25-10)16(24)22(3)9-15(23)21-14-7-5-4-6-13(14)17(18,19)20/h4-8H,9H2,1-3H3,(H,21,23). The minimum absolute atomic E-state index is 0.330. The Kier molecular flexibility index (Phi) is 5.52. The monoisotopic (exact) mass is 370 g/mol. The Hall–Kier alpha value is -2.35. The maximum absolute atomic E-state index is 12.9. The average Bonchev–Trinajstić information content (AvgIpc) is 2.84. The molecule has 0 aliphatic carbocycles. The molecular weight excluding hydrogens is 353 g/mol. The number of nitrogens with one attached hydrogen (secondary N) is 1. The zero-order valence-electron chi connectivity index (χ0n) is 13.9. The Balaban J connectivity index is 2.08. The Morgan fingerprint density at radius 3 is 2.40 bits per heavy atom. The number of carbonyl (C=O) groups excluding carboxylic acids is 2. The van der Waals surface area contributed by atoms with Gasteiger partial charge < -0.3 is 10.2 Å². The number of halogens is 3. The number of alkyl halides is 3. The van der Waals surface area contributed by atoms with Crippen LogP contribution in [0.15, 0.2) is 30.3 Å². The van der Waals surface area contributed by atoms with Gasteiger partial charge in [0, 0.05) is 16.8 Å². The number of para-hydroxylation sites is 1. The molecule has 1 aromatic carbocycles. The summed E-state index contributed by atoms with van der Waals surface area (Å²) in [4.78, 5) is 27.4. The van der Waals surface area contributed by atoms with Gasteiger partial charge in [-0.05, 0) is 32.0 Å². The molecule has 1 heterocycles. The summed E-state index contributed by atoms with van der Waals surface area (Å²) in [6.45, 7) is 3.33. The zero-order valence-corrected chi connectivity index (χ0v) is 14.7. The minimum Gasteiger partial charge on any atom is -0.332 e. The summed E-state index contributed by atoms with van der Waals surface area (Å²) in [6.07, 6.45) is -4.57. The molecule has 0 fully saturated rings. The molecule has 4 nitrogen and oxygen atoms in total. The van der Waals surface area contributed by atoms with E-state index < -0.39 is 17.6 Å². The Morgan fingerprint density at radius 1 is 1.20 bits per heavy atom. The van der Waals surface area contributed by atoms with Crippen molar-refractivity contribution < 1.29 is 22.8 Å². The molecule has 0 saturated heterocycles. The van der Waals surface area contributed by atoms with Gasteiger partial charge in [0.15, 0.2) is 0 Å². The molecule has 25 heavy (non-hydrogen) atoms. The molecule has 0 atom stereocenters. The van der Waals surface area contributed by atoms with Gasteiger partial charge >= 0.3 is 6.18 Å². The first-order chi connectivity index (χ1) is 11.6. The first-order valence-corrected chi connectivity index (χ1v) is 8.20. The van der Waals surface area contributed by atoms with Crippen molar-refractivity contribution in [3.8, 4) is 0 Å². The van der Waals surface area contributed by atoms with Crippen LogP contribution in [0.3, 0.4) is 0 Å². The molecule has 134 valence electrons. The van der Waals surface area contributed by atoms with E-state index in [9.17, 15) is 22.8 Å². The topological polar surface area (TPSA) is 49.4 Å². The third kappa shape index (κ3) is 4.60. The van der Waals surface area contributed by atoms with Gasteiger partial charge in [0.25, 0.3) is 5.91 Å². The number of likely N-dealkylation sites (N-methyl/N-ethyl adjacent to an activating group) is 1. The quantitative estimate of drug-likeness (QED) is 0.881. The molecule has 0 bridgehead atoms. The van der Waals surface area contributed by atoms with Gasteiger partial charge in [-0.1, -0.05) is 12.1 Å². The van der Waals surface area contributed by atoms with Crippen LogP contribution in [-0.4, -0.2) is 30.3 Å². The number of benzene rings is 1. The molecule has 8 heteroatoms. The van der Waals surface area contributed by atoms with E-state index in [1.807, 2.05) is 6.92 Å². The Labute approximate surface area is 147 Å². The maximum Gasteiger partial charge on any atom is 0.418 e. The molecular formula is C17H17F3N2O2S. The van der Waals surface area contributed by atoms with Crippen LogP contribution >= 0.6 is 11.3 Å². The van der Waals surface area contributed by atoms with E-state index in [4.69, 9.17) is 0 Å². The number of hydrogen-bond donors (Lipinski definition) is 1. The first kappa shape index (κ1) is 19.0. The van der Waals surface area contributed by atoms with E-state index in [0.717, 1.165) is 15.8 Å². The van der Waals surface area contributed by atoms with Crippen molar-refractivity contribution in [1.29, 1.82) is 0 Å². The van der Waals surface area contributed by atoms with E-state index in [2.05, 4.69) is 5.32 Å². The number of aryl methyl sites for hydroxylation is 2. The lowest BCUT2D eigenvalue weighted by atomic mass is 10.1. The van der Waals surface area contributed by atoms with Crippen LogP contribution in [0.4, 0.5) is 18.9 Å². The fourth-order valence-electron chi connectivity index (χ4n) is 2.37. The second kappa shape index (κ2) is 7.26. The van der Waals surface area contributed by atoms with Crippen LogP contribution < -0.4 is 5.32 Å². The van der Waals surface area contributed by atoms with Crippen molar-refractivity contribution in [2.24, 2.45) is 0 Å². The summed E-state index contributed by atoms with van der Waals surface area (Å²) in [5.74, 6) is -1.04. The van der Waals surface area contributed by atoms with Crippen LogP contribution in [0.2, 0.25) is 0 Å². The first-order valence-electron chi connectivity index (χ1n) is 7.38. The van der Waals surface area contributed by atoms with Crippen LogP contribution in [0, 0.1) is 13.8 Å². The highest BCUT2D eigenvalue weighted by molar-refractivity contribution is 7.12. The number of carbonyl (C=O) groups is 2. The molecule has 1 N–H and O–H groups in total. The number of thiophene rings is 1. The van der Waals surface area contributed by atoms with Gasteiger partial charge in [0.1, 0.15) is 0 Å². The summed E-state index contributed by atoms with van der Waals surface area (Å²) in [6, 6.07) is 6.44. The third-order valence-corrected chi connectivity index (χ3v) is 4.47. The largest absolute Gasteiger partial charge is 0.418 e. The normalized spacial score (nSPS) is 11.3. The smallest absolute Gasteiger partial charge is 0.332 e. The molecule has 0 spiro atoms. The predicted octanol–water partition coefficient (Wildman–Crippen LogP) is 4.09. The second-order valence-electron chi connectivity index (χ2n) is 5.58. The lowest BCUT2D eigenvalue weighted by Crippen LogP contribution is -2.35. The van der Waals surface area contributed by atoms with E-state index in [1.165, 1.54) is 41.5 Å². The average molecular weight is 370 g/mol. The lowest BCUT2D eigenvalue weighted by molar-refractivity contribution is -0.137. The van der Waals surface area contributed by atoms with Crippen molar-refractivity contribution in [3.63, 3.8) is 0 Å². The van der Waals surface area contributed by atoms with Gasteiger partial charge in [-0.25, -0.2) is 0 Å². The van der Waals surface area contributed by atoms with Crippen LogP contribution in [0.25, 0.3) is 0 Å². The fourth-order valence-corrected chi connectivity index (χ4v) is 3.28. The van der Waals surface area contributed by atoms with Crippen LogP contribution in [0.1, 0.15) is 25.7 Å². The third-order valence-electron chi connectivity index (χ3n) is 3.51. The summed E-state index contributed by atoms with van der Waals surface area (Å²) in [5, 5.41) is 2.22. The molecule has 2 amide bonds. The highest BCUT2D eigenvalue weighted by Crippen LogP contribution is 2.34. The highest BCUT2D eigenvalue weighted by Gasteiger charge is 2.33.